The Morgan fingerprint density at radius 2 is 1.78 bits per heavy atom. The number of anilines is 1. The third-order valence-corrected chi connectivity index (χ3v) is 4.46. The van der Waals surface area contributed by atoms with Crippen LogP contribution in [0, 0.1) is 5.92 Å². The number of carbonyl (C=O) groups is 3. The van der Waals surface area contributed by atoms with Crippen LogP contribution >= 0.6 is 15.9 Å². The van der Waals surface area contributed by atoms with Crippen LogP contribution in [0.3, 0.4) is 0 Å². The van der Waals surface area contributed by atoms with Gasteiger partial charge in [0.1, 0.15) is 0 Å². The molecule has 0 aliphatic carbocycles. The van der Waals surface area contributed by atoms with Crippen molar-refractivity contribution in [1.82, 2.24) is 10.7 Å². The summed E-state index contributed by atoms with van der Waals surface area (Å²) in [7, 11) is 1.46. The van der Waals surface area contributed by atoms with Crippen molar-refractivity contribution in [3.8, 4) is 11.5 Å². The van der Waals surface area contributed by atoms with Crippen LogP contribution in [-0.2, 0) is 14.4 Å². The molecule has 0 saturated heterocycles. The molecule has 0 aliphatic heterocycles. The fourth-order valence-corrected chi connectivity index (χ4v) is 2.61. The summed E-state index contributed by atoms with van der Waals surface area (Å²) in [5.41, 5.74) is 3.41. The average molecular weight is 505 g/mol. The number of ether oxygens (including phenoxy) is 2. The van der Waals surface area contributed by atoms with E-state index < -0.39 is 11.8 Å². The lowest BCUT2D eigenvalue weighted by Gasteiger charge is -2.11. The van der Waals surface area contributed by atoms with E-state index in [1.165, 1.54) is 13.3 Å². The minimum Gasteiger partial charge on any atom is -0.493 e. The highest BCUT2D eigenvalue weighted by molar-refractivity contribution is 9.10. The van der Waals surface area contributed by atoms with E-state index in [4.69, 9.17) is 9.47 Å². The van der Waals surface area contributed by atoms with Crippen molar-refractivity contribution in [3.05, 3.63) is 52.5 Å². The third-order valence-electron chi connectivity index (χ3n) is 3.93. The van der Waals surface area contributed by atoms with Gasteiger partial charge in [0.2, 0.25) is 0 Å². The molecule has 10 heteroatoms. The first-order chi connectivity index (χ1) is 15.3. The second-order valence-electron chi connectivity index (χ2n) is 7.06. The zero-order valence-electron chi connectivity index (χ0n) is 18.0. The predicted molar refractivity (Wildman–Crippen MR) is 125 cm³/mol. The number of hydrogen-bond donors (Lipinski definition) is 3. The highest BCUT2D eigenvalue weighted by atomic mass is 79.9. The number of carbonyl (C=O) groups excluding carboxylic acids is 3. The fourth-order valence-electron chi connectivity index (χ4n) is 2.35. The number of benzene rings is 2. The molecule has 0 atom stereocenters. The van der Waals surface area contributed by atoms with E-state index in [1.54, 1.807) is 30.3 Å². The monoisotopic (exact) mass is 504 g/mol. The molecule has 170 valence electrons. The van der Waals surface area contributed by atoms with E-state index in [2.05, 4.69) is 37.1 Å². The normalized spacial score (nSPS) is 10.7. The number of nitrogens with one attached hydrogen (secondary N) is 3. The van der Waals surface area contributed by atoms with E-state index >= 15 is 0 Å². The Morgan fingerprint density at radius 1 is 1.06 bits per heavy atom. The van der Waals surface area contributed by atoms with Crippen LogP contribution in [0.15, 0.2) is 52.0 Å². The highest BCUT2D eigenvalue weighted by Gasteiger charge is 2.12. The molecule has 32 heavy (non-hydrogen) atoms. The van der Waals surface area contributed by atoms with Crippen LogP contribution < -0.4 is 25.5 Å². The summed E-state index contributed by atoms with van der Waals surface area (Å²) in [6.45, 7) is 4.04. The summed E-state index contributed by atoms with van der Waals surface area (Å²) in [5.74, 6) is -0.947. The van der Waals surface area contributed by atoms with E-state index in [1.807, 2.05) is 26.0 Å². The third kappa shape index (κ3) is 8.38. The van der Waals surface area contributed by atoms with Gasteiger partial charge in [-0.3, -0.25) is 14.4 Å². The van der Waals surface area contributed by atoms with Gasteiger partial charge in [-0.15, -0.1) is 0 Å². The van der Waals surface area contributed by atoms with Crippen LogP contribution in [0.4, 0.5) is 5.69 Å². The van der Waals surface area contributed by atoms with Crippen molar-refractivity contribution in [2.45, 2.75) is 13.8 Å². The first-order valence-electron chi connectivity index (χ1n) is 9.76. The smallest absolute Gasteiger partial charge is 0.329 e. The summed E-state index contributed by atoms with van der Waals surface area (Å²) in [5, 5.41) is 9.00. The Hall–Kier alpha value is -3.40. The number of halogens is 1. The summed E-state index contributed by atoms with van der Waals surface area (Å²) in [6.07, 6.45) is 1.36. The van der Waals surface area contributed by atoms with Gasteiger partial charge in [-0.25, -0.2) is 5.43 Å². The lowest BCUT2D eigenvalue weighted by Crippen LogP contribution is -2.39. The van der Waals surface area contributed by atoms with Crippen LogP contribution in [0.25, 0.3) is 0 Å². The van der Waals surface area contributed by atoms with Crippen LogP contribution in [0.2, 0.25) is 0 Å². The number of amides is 3. The van der Waals surface area contributed by atoms with Gasteiger partial charge in [0.15, 0.2) is 18.1 Å². The summed E-state index contributed by atoms with van der Waals surface area (Å²) in [6, 6.07) is 12.1. The van der Waals surface area contributed by atoms with Gasteiger partial charge in [0.25, 0.3) is 5.91 Å². The molecule has 0 spiro atoms. The molecule has 0 aliphatic rings. The molecular weight excluding hydrogens is 480 g/mol. The fraction of sp³-hybridized carbons (Fsp3) is 0.273. The number of rotatable bonds is 9. The van der Waals surface area contributed by atoms with Gasteiger partial charge >= 0.3 is 11.8 Å². The molecule has 0 unspecified atom stereocenters. The first kappa shape index (κ1) is 24.9. The molecule has 0 radical (unpaired) electrons. The molecule has 0 fully saturated rings. The Morgan fingerprint density at radius 3 is 2.44 bits per heavy atom. The molecule has 2 rings (SSSR count). The molecule has 3 N–H and O–H groups in total. The quantitative estimate of drug-likeness (QED) is 0.275. The van der Waals surface area contributed by atoms with Crippen LogP contribution in [0.1, 0.15) is 19.4 Å². The minimum absolute atomic E-state index is 0.207. The van der Waals surface area contributed by atoms with Crippen LogP contribution in [-0.4, -0.2) is 44.2 Å². The van der Waals surface area contributed by atoms with Crippen molar-refractivity contribution < 1.29 is 23.9 Å². The molecule has 2 aromatic rings. The van der Waals surface area contributed by atoms with Crippen molar-refractivity contribution in [2.75, 3.05) is 25.6 Å². The molecule has 0 aromatic heterocycles. The van der Waals surface area contributed by atoms with E-state index in [-0.39, 0.29) is 18.4 Å². The average Bonchev–Trinajstić information content (AvgIpc) is 2.77. The first-order valence-corrected chi connectivity index (χ1v) is 10.5. The van der Waals surface area contributed by atoms with E-state index in [0.717, 1.165) is 4.47 Å². The second-order valence-corrected chi connectivity index (χ2v) is 7.97. The summed E-state index contributed by atoms with van der Waals surface area (Å²) in [4.78, 5) is 35.4. The Balaban J connectivity index is 1.89. The standard InChI is InChI=1S/C22H25BrN4O5/c1-14(2)11-24-21(29)22(30)27-25-12-15-4-9-18(19(10-15)31-3)32-13-20(28)26-17-7-5-16(23)6-8-17/h4-10,12,14H,11,13H2,1-3H3,(H,24,29)(H,26,28)(H,27,30)/b25-12+. The molecule has 3 amide bonds. The molecular formula is C22H25BrN4O5. The van der Waals surface area contributed by atoms with Gasteiger partial charge in [0.05, 0.1) is 13.3 Å². The summed E-state index contributed by atoms with van der Waals surface area (Å²) >= 11 is 3.34. The maximum atomic E-state index is 12.1. The van der Waals surface area contributed by atoms with E-state index in [9.17, 15) is 14.4 Å². The van der Waals surface area contributed by atoms with Gasteiger partial charge in [0, 0.05) is 16.7 Å². The molecule has 9 nitrogen and oxygen atoms in total. The maximum Gasteiger partial charge on any atom is 0.329 e. The molecule has 0 heterocycles. The number of nitrogens with zero attached hydrogens (tertiary/aromatic N) is 1. The van der Waals surface area contributed by atoms with Crippen molar-refractivity contribution in [3.63, 3.8) is 0 Å². The lowest BCUT2D eigenvalue weighted by molar-refractivity contribution is -0.139. The SMILES string of the molecule is COc1cc(/C=N/NC(=O)C(=O)NCC(C)C)ccc1OCC(=O)Nc1ccc(Br)cc1. The number of hydrogen-bond acceptors (Lipinski definition) is 6. The largest absolute Gasteiger partial charge is 0.493 e. The lowest BCUT2D eigenvalue weighted by atomic mass is 10.2. The zero-order chi connectivity index (χ0) is 23.5. The highest BCUT2D eigenvalue weighted by Crippen LogP contribution is 2.27. The Bertz CT molecular complexity index is 977. The Kier molecular flexibility index (Phi) is 9.68. The maximum absolute atomic E-state index is 12.1. The predicted octanol–water partition coefficient (Wildman–Crippen LogP) is 2.70. The molecule has 2 aromatic carbocycles. The zero-order valence-corrected chi connectivity index (χ0v) is 19.6. The van der Waals surface area contributed by atoms with Gasteiger partial charge < -0.3 is 20.1 Å². The minimum atomic E-state index is -0.856. The van der Waals surface area contributed by atoms with Gasteiger partial charge in [-0.05, 0) is 53.9 Å². The topological polar surface area (TPSA) is 118 Å². The van der Waals surface area contributed by atoms with Gasteiger partial charge in [-0.2, -0.15) is 5.10 Å². The van der Waals surface area contributed by atoms with Crippen molar-refractivity contribution in [1.29, 1.82) is 0 Å². The molecule has 0 saturated carbocycles. The number of hydrazone groups is 1. The van der Waals surface area contributed by atoms with Gasteiger partial charge in [-0.1, -0.05) is 29.8 Å². The second kappa shape index (κ2) is 12.5. The van der Waals surface area contributed by atoms with E-state index in [0.29, 0.717) is 29.3 Å². The van der Waals surface area contributed by atoms with Crippen molar-refractivity contribution >= 4 is 45.6 Å². The number of methoxy groups -OCH3 is 1. The molecule has 0 bridgehead atoms. The summed E-state index contributed by atoms with van der Waals surface area (Å²) < 4.78 is 11.8. The van der Waals surface area contributed by atoms with Crippen LogP contribution in [0.5, 0.6) is 11.5 Å². The Labute approximate surface area is 194 Å². The van der Waals surface area contributed by atoms with Crippen molar-refractivity contribution in [2.24, 2.45) is 11.0 Å².